The summed E-state index contributed by atoms with van der Waals surface area (Å²) in [5.41, 5.74) is 0.638. The molecule has 112 valence electrons. The van der Waals surface area contributed by atoms with Crippen molar-refractivity contribution in [3.05, 3.63) is 29.8 Å². The average Bonchev–Trinajstić information content (AvgIpc) is 2.89. The number of nitrogens with one attached hydrogen (secondary N) is 2. The van der Waals surface area contributed by atoms with E-state index in [2.05, 4.69) is 20.8 Å². The Balaban J connectivity index is 2.24. The zero-order chi connectivity index (χ0) is 15.4. The Kier molecular flexibility index (Phi) is 4.64. The molecule has 0 aliphatic carbocycles. The molecule has 0 radical (unpaired) electrons. The lowest BCUT2D eigenvalue weighted by Gasteiger charge is -2.05. The Morgan fingerprint density at radius 1 is 1.48 bits per heavy atom. The van der Waals surface area contributed by atoms with Crippen LogP contribution < -0.4 is 10.6 Å². The van der Waals surface area contributed by atoms with Crippen LogP contribution in [0.5, 0.6) is 0 Å². The highest BCUT2D eigenvalue weighted by Crippen LogP contribution is 2.24. The fourth-order valence-electron chi connectivity index (χ4n) is 1.77. The van der Waals surface area contributed by atoms with Crippen LogP contribution in [0.3, 0.4) is 0 Å². The van der Waals surface area contributed by atoms with E-state index in [1.807, 2.05) is 14.0 Å². The normalized spacial score (nSPS) is 12.2. The third-order valence-corrected chi connectivity index (χ3v) is 2.97. The summed E-state index contributed by atoms with van der Waals surface area (Å²) in [6.07, 6.45) is 0.625. The topological polar surface area (TPSA) is 80.0 Å². The molecule has 1 atom stereocenters. The second-order valence-corrected chi connectivity index (χ2v) is 4.79. The van der Waals surface area contributed by atoms with Gasteiger partial charge in [0.1, 0.15) is 5.82 Å². The lowest BCUT2D eigenvalue weighted by molar-refractivity contribution is -0.114. The van der Waals surface area contributed by atoms with Gasteiger partial charge in [-0.2, -0.15) is 4.98 Å². The molecule has 2 N–H and O–H groups in total. The van der Waals surface area contributed by atoms with Gasteiger partial charge in [0.2, 0.25) is 5.91 Å². The molecule has 0 aliphatic heterocycles. The second kappa shape index (κ2) is 6.45. The Morgan fingerprint density at radius 2 is 2.24 bits per heavy atom. The van der Waals surface area contributed by atoms with E-state index in [4.69, 9.17) is 4.52 Å². The van der Waals surface area contributed by atoms with Crippen molar-refractivity contribution in [2.45, 2.75) is 26.3 Å². The van der Waals surface area contributed by atoms with E-state index in [-0.39, 0.29) is 17.6 Å². The quantitative estimate of drug-likeness (QED) is 0.881. The molecule has 0 bridgehead atoms. The molecule has 1 aromatic heterocycles. The lowest BCUT2D eigenvalue weighted by atomic mass is 10.2. The van der Waals surface area contributed by atoms with Gasteiger partial charge in [-0.15, -0.1) is 0 Å². The van der Waals surface area contributed by atoms with E-state index in [0.717, 1.165) is 0 Å². The highest BCUT2D eigenvalue weighted by Gasteiger charge is 2.13. The number of hydrogen-bond acceptors (Lipinski definition) is 5. The summed E-state index contributed by atoms with van der Waals surface area (Å²) in [4.78, 5) is 15.3. The number of anilines is 1. The third kappa shape index (κ3) is 3.85. The van der Waals surface area contributed by atoms with E-state index in [1.165, 1.54) is 25.1 Å². The van der Waals surface area contributed by atoms with Gasteiger partial charge in [0.25, 0.3) is 5.89 Å². The largest absolute Gasteiger partial charge is 0.334 e. The van der Waals surface area contributed by atoms with E-state index in [9.17, 15) is 9.18 Å². The fraction of sp³-hybridized carbons (Fsp3) is 0.357. The number of carbonyl (C=O) groups excluding carboxylic acids is 1. The van der Waals surface area contributed by atoms with Crippen molar-refractivity contribution in [1.29, 1.82) is 0 Å². The van der Waals surface area contributed by atoms with Crippen molar-refractivity contribution in [1.82, 2.24) is 15.5 Å². The molecular formula is C14H17FN4O2. The van der Waals surface area contributed by atoms with Gasteiger partial charge in [0, 0.05) is 24.9 Å². The summed E-state index contributed by atoms with van der Waals surface area (Å²) in [6.45, 7) is 3.32. The first kappa shape index (κ1) is 15.1. The third-order valence-electron chi connectivity index (χ3n) is 2.97. The Morgan fingerprint density at radius 3 is 2.90 bits per heavy atom. The van der Waals surface area contributed by atoms with Gasteiger partial charge in [-0.05, 0) is 32.2 Å². The van der Waals surface area contributed by atoms with E-state index in [0.29, 0.717) is 23.7 Å². The standard InChI is InChI=1S/C14H17FN4O2/c1-8(16-3)6-13-18-14(21-19-13)10-4-5-11(15)12(7-10)17-9(2)20/h4-5,7-8,16H,6H2,1-3H3,(H,17,20). The zero-order valence-corrected chi connectivity index (χ0v) is 12.1. The van der Waals surface area contributed by atoms with Crippen LogP contribution in [-0.4, -0.2) is 29.1 Å². The fourth-order valence-corrected chi connectivity index (χ4v) is 1.77. The van der Waals surface area contributed by atoms with Crippen molar-refractivity contribution in [3.8, 4) is 11.5 Å². The molecule has 1 amide bonds. The van der Waals surface area contributed by atoms with E-state index in [1.54, 1.807) is 0 Å². The minimum Gasteiger partial charge on any atom is -0.334 e. The number of carbonyl (C=O) groups is 1. The maximum absolute atomic E-state index is 13.6. The molecule has 0 saturated heterocycles. The van der Waals surface area contributed by atoms with Gasteiger partial charge < -0.3 is 15.2 Å². The van der Waals surface area contributed by atoms with Crippen LogP contribution in [0.4, 0.5) is 10.1 Å². The minimum atomic E-state index is -0.516. The van der Waals surface area contributed by atoms with Crippen LogP contribution in [0, 0.1) is 5.82 Å². The summed E-state index contributed by atoms with van der Waals surface area (Å²) in [7, 11) is 1.85. The monoisotopic (exact) mass is 292 g/mol. The number of benzene rings is 1. The molecule has 21 heavy (non-hydrogen) atoms. The molecule has 6 nitrogen and oxygen atoms in total. The van der Waals surface area contributed by atoms with Crippen LogP contribution in [0.25, 0.3) is 11.5 Å². The van der Waals surface area contributed by atoms with Gasteiger partial charge in [-0.25, -0.2) is 4.39 Å². The molecular weight excluding hydrogens is 275 g/mol. The number of nitrogens with zero attached hydrogens (tertiary/aromatic N) is 2. The Labute approximate surface area is 121 Å². The van der Waals surface area contributed by atoms with Crippen LogP contribution >= 0.6 is 0 Å². The van der Waals surface area contributed by atoms with E-state index < -0.39 is 5.82 Å². The number of rotatable bonds is 5. The van der Waals surface area contributed by atoms with Crippen molar-refractivity contribution < 1.29 is 13.7 Å². The summed E-state index contributed by atoms with van der Waals surface area (Å²) in [6, 6.07) is 4.47. The predicted molar refractivity (Wildman–Crippen MR) is 76.2 cm³/mol. The molecule has 2 rings (SSSR count). The van der Waals surface area contributed by atoms with Crippen molar-refractivity contribution >= 4 is 11.6 Å². The van der Waals surface area contributed by atoms with Gasteiger partial charge in [0.05, 0.1) is 5.69 Å². The molecule has 0 aliphatic rings. The molecule has 2 aromatic rings. The summed E-state index contributed by atoms with van der Waals surface area (Å²) < 4.78 is 18.8. The first-order valence-electron chi connectivity index (χ1n) is 6.57. The maximum atomic E-state index is 13.6. The summed E-state index contributed by atoms with van der Waals surface area (Å²) >= 11 is 0. The van der Waals surface area contributed by atoms with Crippen LogP contribution in [0.2, 0.25) is 0 Å². The number of amides is 1. The Hall–Kier alpha value is -2.28. The van der Waals surface area contributed by atoms with Gasteiger partial charge in [-0.1, -0.05) is 5.16 Å². The molecule has 7 heteroatoms. The number of halogens is 1. The molecule has 1 heterocycles. The second-order valence-electron chi connectivity index (χ2n) is 4.79. The summed E-state index contributed by atoms with van der Waals surface area (Å²) in [5, 5.41) is 9.39. The molecule has 0 spiro atoms. The van der Waals surface area contributed by atoms with Crippen LogP contribution in [0.15, 0.2) is 22.7 Å². The summed E-state index contributed by atoms with van der Waals surface area (Å²) in [5.74, 6) is -0.00485. The van der Waals surface area contributed by atoms with Crippen LogP contribution in [-0.2, 0) is 11.2 Å². The van der Waals surface area contributed by atoms with Crippen molar-refractivity contribution in [2.75, 3.05) is 12.4 Å². The molecule has 0 saturated carbocycles. The highest BCUT2D eigenvalue weighted by atomic mass is 19.1. The van der Waals surface area contributed by atoms with Crippen molar-refractivity contribution in [3.63, 3.8) is 0 Å². The van der Waals surface area contributed by atoms with Gasteiger partial charge in [-0.3, -0.25) is 4.79 Å². The van der Waals surface area contributed by atoms with Crippen molar-refractivity contribution in [2.24, 2.45) is 0 Å². The first-order valence-corrected chi connectivity index (χ1v) is 6.57. The molecule has 1 unspecified atom stereocenters. The minimum absolute atomic E-state index is 0.0864. The molecule has 0 fully saturated rings. The molecule has 1 aromatic carbocycles. The van der Waals surface area contributed by atoms with Gasteiger partial charge in [0.15, 0.2) is 5.82 Å². The highest BCUT2D eigenvalue weighted by molar-refractivity contribution is 5.89. The smallest absolute Gasteiger partial charge is 0.257 e. The van der Waals surface area contributed by atoms with E-state index >= 15 is 0 Å². The van der Waals surface area contributed by atoms with Gasteiger partial charge >= 0.3 is 0 Å². The number of likely N-dealkylation sites (N-methyl/N-ethyl adjacent to an activating group) is 1. The SMILES string of the molecule is CNC(C)Cc1noc(-c2ccc(F)c(NC(C)=O)c2)n1. The predicted octanol–water partition coefficient (Wildman–Crippen LogP) is 1.98. The van der Waals surface area contributed by atoms with Crippen LogP contribution in [0.1, 0.15) is 19.7 Å². The average molecular weight is 292 g/mol. The first-order chi connectivity index (χ1) is 9.99. The number of hydrogen-bond donors (Lipinski definition) is 2. The Bertz CT molecular complexity index is 642. The maximum Gasteiger partial charge on any atom is 0.257 e. The number of aromatic nitrogens is 2. The lowest BCUT2D eigenvalue weighted by Crippen LogP contribution is -2.24. The zero-order valence-electron chi connectivity index (χ0n) is 12.1.